The zero-order chi connectivity index (χ0) is 15.6. The van der Waals surface area contributed by atoms with Crippen molar-refractivity contribution in [3.8, 4) is 11.3 Å². The number of carbonyl (C=O) groups is 1. The predicted molar refractivity (Wildman–Crippen MR) is 85.1 cm³/mol. The molecule has 0 aliphatic heterocycles. The molecule has 0 atom stereocenters. The molecule has 1 N–H and O–H groups in total. The molecule has 6 heteroatoms. The lowest BCUT2D eigenvalue weighted by atomic mass is 10.1. The fourth-order valence-corrected chi connectivity index (χ4v) is 2.40. The van der Waals surface area contributed by atoms with Crippen LogP contribution in [0.2, 0.25) is 0 Å². The zero-order valence-electron chi connectivity index (χ0n) is 12.0. The number of rotatable bonds is 3. The molecule has 0 bridgehead atoms. The Hall–Kier alpha value is -3.41. The Morgan fingerprint density at radius 1 is 1.09 bits per heavy atom. The van der Waals surface area contributed by atoms with Crippen LogP contribution in [0.3, 0.4) is 0 Å². The molecule has 0 spiro atoms. The van der Waals surface area contributed by atoms with E-state index < -0.39 is 0 Å². The Labute approximate surface area is 131 Å². The first-order chi connectivity index (χ1) is 11.3. The van der Waals surface area contributed by atoms with E-state index in [0.717, 1.165) is 11.3 Å². The minimum Gasteiger partial charge on any atom is -0.451 e. The number of hydrogen-bond acceptors (Lipinski definition) is 4. The quantitative estimate of drug-likeness (QED) is 0.630. The Balaban J connectivity index is 1.57. The molecule has 0 aliphatic rings. The summed E-state index contributed by atoms with van der Waals surface area (Å²) in [5.41, 5.74) is 3.55. The van der Waals surface area contributed by atoms with Gasteiger partial charge >= 0.3 is 0 Å². The average Bonchev–Trinajstić information content (AvgIpc) is 3.25. The van der Waals surface area contributed by atoms with E-state index in [2.05, 4.69) is 15.3 Å². The van der Waals surface area contributed by atoms with Gasteiger partial charge in [-0.3, -0.25) is 4.79 Å². The summed E-state index contributed by atoms with van der Waals surface area (Å²) in [7, 11) is 0. The van der Waals surface area contributed by atoms with Crippen LogP contribution in [0.5, 0.6) is 0 Å². The van der Waals surface area contributed by atoms with E-state index in [1.807, 2.05) is 47.1 Å². The first-order valence-electron chi connectivity index (χ1n) is 7.03. The van der Waals surface area contributed by atoms with E-state index in [4.69, 9.17) is 4.42 Å². The van der Waals surface area contributed by atoms with Gasteiger partial charge in [-0.25, -0.2) is 9.97 Å². The number of nitrogens with zero attached hydrogens (tertiary/aromatic N) is 3. The molecule has 112 valence electrons. The van der Waals surface area contributed by atoms with Crippen molar-refractivity contribution in [1.29, 1.82) is 0 Å². The van der Waals surface area contributed by atoms with Crippen LogP contribution < -0.4 is 5.32 Å². The SMILES string of the molecule is O=C(Nc1ccc(-c2cocn2)cc1)c1ccn2cccnc12. The van der Waals surface area contributed by atoms with E-state index >= 15 is 0 Å². The number of benzene rings is 1. The van der Waals surface area contributed by atoms with Gasteiger partial charge in [0.05, 0.1) is 5.56 Å². The molecule has 0 fully saturated rings. The van der Waals surface area contributed by atoms with Gasteiger partial charge in [0.25, 0.3) is 5.91 Å². The standard InChI is InChI=1S/C17H12N4O2/c22-17(14-6-9-21-8-1-7-18-16(14)21)20-13-4-2-12(3-5-13)15-10-23-11-19-15/h1-11H,(H,20,22). The lowest BCUT2D eigenvalue weighted by Gasteiger charge is -2.05. The molecular formula is C17H12N4O2. The van der Waals surface area contributed by atoms with Gasteiger partial charge in [-0.05, 0) is 24.3 Å². The summed E-state index contributed by atoms with van der Waals surface area (Å²) in [4.78, 5) is 20.7. The van der Waals surface area contributed by atoms with E-state index in [9.17, 15) is 4.79 Å². The average molecular weight is 304 g/mol. The minimum absolute atomic E-state index is 0.194. The molecule has 0 aliphatic carbocycles. The number of aromatic nitrogens is 3. The summed E-state index contributed by atoms with van der Waals surface area (Å²) < 4.78 is 6.77. The van der Waals surface area contributed by atoms with Gasteiger partial charge in [0, 0.05) is 29.8 Å². The maximum absolute atomic E-state index is 12.4. The zero-order valence-corrected chi connectivity index (χ0v) is 12.0. The maximum atomic E-state index is 12.4. The molecule has 3 aromatic heterocycles. The molecule has 1 amide bonds. The highest BCUT2D eigenvalue weighted by Crippen LogP contribution is 2.20. The molecule has 4 aromatic rings. The lowest BCUT2D eigenvalue weighted by molar-refractivity contribution is 0.102. The highest BCUT2D eigenvalue weighted by Gasteiger charge is 2.12. The van der Waals surface area contributed by atoms with Crippen molar-refractivity contribution in [3.05, 3.63) is 73.2 Å². The Kier molecular flexibility index (Phi) is 3.12. The molecule has 0 saturated heterocycles. The third kappa shape index (κ3) is 2.46. The Bertz CT molecular complexity index is 956. The highest BCUT2D eigenvalue weighted by molar-refractivity contribution is 6.08. The van der Waals surface area contributed by atoms with Gasteiger partial charge < -0.3 is 14.1 Å². The molecular weight excluding hydrogens is 292 g/mol. The van der Waals surface area contributed by atoms with E-state index in [1.54, 1.807) is 18.5 Å². The van der Waals surface area contributed by atoms with Crippen LogP contribution in [0.4, 0.5) is 5.69 Å². The summed E-state index contributed by atoms with van der Waals surface area (Å²) in [5.74, 6) is -0.194. The summed E-state index contributed by atoms with van der Waals surface area (Å²) in [5, 5.41) is 2.87. The monoisotopic (exact) mass is 304 g/mol. The van der Waals surface area contributed by atoms with E-state index in [-0.39, 0.29) is 5.91 Å². The normalized spacial score (nSPS) is 10.8. The second-order valence-electron chi connectivity index (χ2n) is 4.99. The van der Waals surface area contributed by atoms with Gasteiger partial charge in [0.2, 0.25) is 0 Å². The fraction of sp³-hybridized carbons (Fsp3) is 0. The van der Waals surface area contributed by atoms with E-state index in [0.29, 0.717) is 16.9 Å². The van der Waals surface area contributed by atoms with Gasteiger partial charge in [0.1, 0.15) is 17.6 Å². The van der Waals surface area contributed by atoms with Crippen LogP contribution >= 0.6 is 0 Å². The Morgan fingerprint density at radius 3 is 2.74 bits per heavy atom. The molecule has 0 saturated carbocycles. The molecule has 3 heterocycles. The fourth-order valence-electron chi connectivity index (χ4n) is 2.40. The van der Waals surface area contributed by atoms with Crippen LogP contribution in [-0.2, 0) is 0 Å². The van der Waals surface area contributed by atoms with Crippen molar-refractivity contribution in [2.24, 2.45) is 0 Å². The van der Waals surface area contributed by atoms with Crippen molar-refractivity contribution in [1.82, 2.24) is 14.4 Å². The molecule has 6 nitrogen and oxygen atoms in total. The number of fused-ring (bicyclic) bond motifs is 1. The van der Waals surface area contributed by atoms with Gasteiger partial charge in [-0.1, -0.05) is 12.1 Å². The van der Waals surface area contributed by atoms with Crippen LogP contribution in [0.15, 0.2) is 72.1 Å². The van der Waals surface area contributed by atoms with Crippen molar-refractivity contribution in [2.75, 3.05) is 5.32 Å². The number of nitrogens with one attached hydrogen (secondary N) is 1. The van der Waals surface area contributed by atoms with Crippen LogP contribution in [0.1, 0.15) is 10.4 Å². The number of hydrogen-bond donors (Lipinski definition) is 1. The first kappa shape index (κ1) is 13.3. The molecule has 0 radical (unpaired) electrons. The lowest BCUT2D eigenvalue weighted by Crippen LogP contribution is -2.11. The van der Waals surface area contributed by atoms with Crippen molar-refractivity contribution < 1.29 is 9.21 Å². The summed E-state index contributed by atoms with van der Waals surface area (Å²) in [6, 6.07) is 11.0. The number of anilines is 1. The van der Waals surface area contributed by atoms with Crippen molar-refractivity contribution in [3.63, 3.8) is 0 Å². The largest absolute Gasteiger partial charge is 0.451 e. The minimum atomic E-state index is -0.194. The Morgan fingerprint density at radius 2 is 1.96 bits per heavy atom. The smallest absolute Gasteiger partial charge is 0.259 e. The number of oxazole rings is 1. The predicted octanol–water partition coefficient (Wildman–Crippen LogP) is 3.24. The topological polar surface area (TPSA) is 72.4 Å². The molecule has 4 rings (SSSR count). The summed E-state index contributed by atoms with van der Waals surface area (Å²) in [6.45, 7) is 0. The maximum Gasteiger partial charge on any atom is 0.259 e. The number of amides is 1. The molecule has 23 heavy (non-hydrogen) atoms. The van der Waals surface area contributed by atoms with E-state index in [1.165, 1.54) is 6.39 Å². The third-order valence-electron chi connectivity index (χ3n) is 3.53. The molecule has 0 unspecified atom stereocenters. The summed E-state index contributed by atoms with van der Waals surface area (Å²) in [6.07, 6.45) is 8.29. The molecule has 1 aromatic carbocycles. The third-order valence-corrected chi connectivity index (χ3v) is 3.53. The van der Waals surface area contributed by atoms with Crippen molar-refractivity contribution >= 4 is 17.2 Å². The summed E-state index contributed by atoms with van der Waals surface area (Å²) >= 11 is 0. The second-order valence-corrected chi connectivity index (χ2v) is 4.99. The first-order valence-corrected chi connectivity index (χ1v) is 7.03. The second kappa shape index (κ2) is 5.42. The van der Waals surface area contributed by atoms with Crippen molar-refractivity contribution in [2.45, 2.75) is 0 Å². The number of carbonyl (C=O) groups excluding carboxylic acids is 1. The van der Waals surface area contributed by atoms with Crippen LogP contribution in [-0.4, -0.2) is 20.3 Å². The van der Waals surface area contributed by atoms with Crippen LogP contribution in [0, 0.1) is 0 Å². The highest BCUT2D eigenvalue weighted by atomic mass is 16.3. The van der Waals surface area contributed by atoms with Gasteiger partial charge in [-0.2, -0.15) is 0 Å². The van der Waals surface area contributed by atoms with Crippen LogP contribution in [0.25, 0.3) is 16.9 Å². The van der Waals surface area contributed by atoms with Gasteiger partial charge in [0.15, 0.2) is 6.39 Å². The van der Waals surface area contributed by atoms with Gasteiger partial charge in [-0.15, -0.1) is 0 Å².